The van der Waals surface area contributed by atoms with Crippen molar-refractivity contribution in [3.8, 4) is 6.07 Å². The van der Waals surface area contributed by atoms with E-state index >= 15 is 0 Å². The molecular formula is C25H24F3N5O. The van der Waals surface area contributed by atoms with Gasteiger partial charge < -0.3 is 9.73 Å². The third kappa shape index (κ3) is 4.64. The number of piperidine rings is 1. The number of hydrogen-bond acceptors (Lipinski definition) is 6. The molecule has 3 heterocycles. The minimum absolute atomic E-state index is 0.113. The molecule has 1 aliphatic heterocycles. The summed E-state index contributed by atoms with van der Waals surface area (Å²) in [5, 5.41) is 12.6. The summed E-state index contributed by atoms with van der Waals surface area (Å²) in [4.78, 5) is 10.5. The topological polar surface area (TPSA) is 78.0 Å². The number of halogens is 3. The highest BCUT2D eigenvalue weighted by Crippen LogP contribution is 2.31. The van der Waals surface area contributed by atoms with Crippen LogP contribution in [-0.4, -0.2) is 40.2 Å². The van der Waals surface area contributed by atoms with Crippen LogP contribution in [-0.2, 0) is 19.4 Å². The van der Waals surface area contributed by atoms with Crippen molar-refractivity contribution in [3.63, 3.8) is 0 Å². The number of alkyl halides is 3. The largest absolute Gasteiger partial charge is 0.422 e. The molecule has 2 aromatic heterocycles. The molecule has 5 rings (SSSR count). The Morgan fingerprint density at radius 3 is 2.76 bits per heavy atom. The number of allylic oxidation sites excluding steroid dienone is 1. The van der Waals surface area contributed by atoms with Crippen molar-refractivity contribution >= 4 is 23.0 Å². The van der Waals surface area contributed by atoms with Gasteiger partial charge in [-0.15, -0.1) is 0 Å². The van der Waals surface area contributed by atoms with Crippen LogP contribution in [0.4, 0.5) is 18.9 Å². The van der Waals surface area contributed by atoms with E-state index < -0.39 is 12.6 Å². The van der Waals surface area contributed by atoms with Gasteiger partial charge in [0.05, 0.1) is 11.8 Å². The molecule has 1 aliphatic carbocycles. The zero-order valence-corrected chi connectivity index (χ0v) is 18.7. The molecule has 1 N–H and O–H groups in total. The molecule has 0 spiro atoms. The maximum atomic E-state index is 12.7. The van der Waals surface area contributed by atoms with Crippen LogP contribution in [0.3, 0.4) is 0 Å². The normalized spacial score (nSPS) is 17.0. The number of anilines is 1. The number of aromatic nitrogens is 2. The van der Waals surface area contributed by atoms with E-state index in [1.165, 1.54) is 28.5 Å². The molecule has 6 nitrogen and oxygen atoms in total. The molecule has 1 fully saturated rings. The molecule has 0 amide bonds. The molecule has 34 heavy (non-hydrogen) atoms. The minimum atomic E-state index is -4.38. The molecule has 1 saturated heterocycles. The fourth-order valence-electron chi connectivity index (χ4n) is 4.79. The van der Waals surface area contributed by atoms with E-state index in [4.69, 9.17) is 4.42 Å². The standard InChI is InChI=1S/C25H24F3N5O/c1-15-18(3-2-17-10-16(13-29)11-20(15)17)14-33-8-5-19(6-9-33)31-21-4-7-30-24-23(21)32-22(34-24)12-25(26,27)28/h2-4,7,11,19H,5-6,8-10,12,14H2,1H3,(H,30,31). The fourth-order valence-corrected chi connectivity index (χ4v) is 4.79. The second-order valence-electron chi connectivity index (χ2n) is 8.99. The molecule has 9 heteroatoms. The second-order valence-corrected chi connectivity index (χ2v) is 8.99. The maximum absolute atomic E-state index is 12.7. The van der Waals surface area contributed by atoms with Crippen molar-refractivity contribution in [1.29, 1.82) is 5.26 Å². The Bertz CT molecular complexity index is 1300. The van der Waals surface area contributed by atoms with Gasteiger partial charge in [-0.1, -0.05) is 12.1 Å². The van der Waals surface area contributed by atoms with Gasteiger partial charge in [-0.2, -0.15) is 18.4 Å². The molecule has 176 valence electrons. The van der Waals surface area contributed by atoms with Gasteiger partial charge in [0.25, 0.3) is 0 Å². The van der Waals surface area contributed by atoms with Gasteiger partial charge in [-0.05, 0) is 54.2 Å². The van der Waals surface area contributed by atoms with Crippen molar-refractivity contribution in [2.24, 2.45) is 0 Å². The van der Waals surface area contributed by atoms with Crippen molar-refractivity contribution in [2.75, 3.05) is 18.4 Å². The third-order valence-corrected chi connectivity index (χ3v) is 6.59. The Morgan fingerprint density at radius 1 is 1.24 bits per heavy atom. The number of nitrogens with zero attached hydrogens (tertiary/aromatic N) is 4. The average Bonchev–Trinajstić information content (AvgIpc) is 3.40. The molecule has 0 radical (unpaired) electrons. The summed E-state index contributed by atoms with van der Waals surface area (Å²) < 4.78 is 43.3. The predicted octanol–water partition coefficient (Wildman–Crippen LogP) is 5.18. The average molecular weight is 467 g/mol. The molecule has 1 aromatic carbocycles. The number of rotatable bonds is 5. The third-order valence-electron chi connectivity index (χ3n) is 6.59. The van der Waals surface area contributed by atoms with Gasteiger partial charge in [0.15, 0.2) is 5.52 Å². The van der Waals surface area contributed by atoms with Gasteiger partial charge in [0.2, 0.25) is 11.6 Å². The molecule has 0 bridgehead atoms. The highest BCUT2D eigenvalue weighted by atomic mass is 19.4. The Balaban J connectivity index is 1.22. The van der Waals surface area contributed by atoms with Crippen molar-refractivity contribution in [3.05, 3.63) is 58.1 Å². The van der Waals surface area contributed by atoms with Crippen molar-refractivity contribution in [1.82, 2.24) is 14.9 Å². The van der Waals surface area contributed by atoms with E-state index in [0.29, 0.717) is 11.2 Å². The molecule has 3 aromatic rings. The van der Waals surface area contributed by atoms with Gasteiger partial charge in [0, 0.05) is 43.9 Å². The van der Waals surface area contributed by atoms with Crippen molar-refractivity contribution < 1.29 is 17.6 Å². The Kier molecular flexibility index (Phi) is 5.78. The SMILES string of the molecule is Cc1c(CN2CCC(Nc3ccnc4oc(CC(F)(F)F)nc34)CC2)ccc2c1C=C(C#N)C2. The number of benzene rings is 1. The lowest BCUT2D eigenvalue weighted by molar-refractivity contribution is -0.130. The smallest absolute Gasteiger partial charge is 0.397 e. The van der Waals surface area contributed by atoms with Gasteiger partial charge in [-0.25, -0.2) is 9.97 Å². The molecule has 0 atom stereocenters. The van der Waals surface area contributed by atoms with Crippen LogP contribution in [0.25, 0.3) is 17.3 Å². The molecule has 2 aliphatic rings. The van der Waals surface area contributed by atoms with Crippen LogP contribution in [0.2, 0.25) is 0 Å². The molecule has 0 saturated carbocycles. The van der Waals surface area contributed by atoms with E-state index in [2.05, 4.69) is 45.3 Å². The fraction of sp³-hybridized carbons (Fsp3) is 0.400. The van der Waals surface area contributed by atoms with Gasteiger partial charge in [0.1, 0.15) is 6.42 Å². The van der Waals surface area contributed by atoms with Gasteiger partial charge >= 0.3 is 6.18 Å². The van der Waals surface area contributed by atoms with E-state index in [0.717, 1.165) is 44.5 Å². The predicted molar refractivity (Wildman–Crippen MR) is 122 cm³/mol. The Hall–Kier alpha value is -3.38. The van der Waals surface area contributed by atoms with Crippen LogP contribution >= 0.6 is 0 Å². The number of likely N-dealkylation sites (tertiary alicyclic amines) is 1. The second kappa shape index (κ2) is 8.76. The van der Waals surface area contributed by atoms with Crippen LogP contribution in [0.1, 0.15) is 41.0 Å². The summed E-state index contributed by atoms with van der Waals surface area (Å²) in [6.07, 6.45) is 0.452. The maximum Gasteiger partial charge on any atom is 0.397 e. The summed E-state index contributed by atoms with van der Waals surface area (Å²) in [7, 11) is 0. The zero-order chi connectivity index (χ0) is 23.9. The van der Waals surface area contributed by atoms with Crippen LogP contribution in [0, 0.1) is 18.3 Å². The molecule has 0 unspecified atom stereocenters. The first-order valence-electron chi connectivity index (χ1n) is 11.3. The number of fused-ring (bicyclic) bond motifs is 2. The van der Waals surface area contributed by atoms with E-state index in [9.17, 15) is 18.4 Å². The first-order valence-corrected chi connectivity index (χ1v) is 11.3. The van der Waals surface area contributed by atoms with Crippen molar-refractivity contribution in [2.45, 2.75) is 51.4 Å². The summed E-state index contributed by atoms with van der Waals surface area (Å²) in [6.45, 7) is 4.78. The number of nitrogens with one attached hydrogen (secondary N) is 1. The summed E-state index contributed by atoms with van der Waals surface area (Å²) in [6, 6.07) is 8.48. The Labute approximate surface area is 195 Å². The number of hydrogen-bond donors (Lipinski definition) is 1. The summed E-state index contributed by atoms with van der Waals surface area (Å²) >= 11 is 0. The van der Waals surface area contributed by atoms with Crippen LogP contribution in [0.5, 0.6) is 0 Å². The lowest BCUT2D eigenvalue weighted by Crippen LogP contribution is -2.38. The quantitative estimate of drug-likeness (QED) is 0.558. The number of nitriles is 1. The van der Waals surface area contributed by atoms with Gasteiger partial charge in [-0.3, -0.25) is 4.90 Å². The molecular weight excluding hydrogens is 443 g/mol. The van der Waals surface area contributed by atoms with E-state index in [1.807, 2.05) is 6.08 Å². The monoisotopic (exact) mass is 467 g/mol. The van der Waals surface area contributed by atoms with E-state index in [1.54, 1.807) is 6.07 Å². The number of oxazole rings is 1. The number of pyridine rings is 1. The van der Waals surface area contributed by atoms with Crippen LogP contribution < -0.4 is 5.32 Å². The Morgan fingerprint density at radius 2 is 2.03 bits per heavy atom. The minimum Gasteiger partial charge on any atom is -0.422 e. The first-order chi connectivity index (χ1) is 16.3. The lowest BCUT2D eigenvalue weighted by Gasteiger charge is -2.33. The summed E-state index contributed by atoms with van der Waals surface area (Å²) in [5.74, 6) is -0.375. The lowest BCUT2D eigenvalue weighted by atomic mass is 9.97. The highest BCUT2D eigenvalue weighted by Gasteiger charge is 2.31. The highest BCUT2D eigenvalue weighted by molar-refractivity contribution is 5.84. The van der Waals surface area contributed by atoms with E-state index in [-0.39, 0.29) is 17.6 Å². The van der Waals surface area contributed by atoms with Crippen LogP contribution in [0.15, 0.2) is 34.4 Å². The summed E-state index contributed by atoms with van der Waals surface area (Å²) in [5.41, 5.74) is 6.82. The zero-order valence-electron chi connectivity index (χ0n) is 18.7. The first kappa shape index (κ1) is 22.4.